The number of aliphatic carboxylic acids is 1. The third-order valence-corrected chi connectivity index (χ3v) is 4.15. The minimum Gasteiger partial charge on any atom is -0.481 e. The molecule has 0 aromatic heterocycles. The van der Waals surface area contributed by atoms with E-state index in [0.29, 0.717) is 0 Å². The average molecular weight is 271 g/mol. The van der Waals surface area contributed by atoms with Crippen molar-refractivity contribution >= 4 is 11.9 Å². The van der Waals surface area contributed by atoms with Crippen LogP contribution >= 0.6 is 0 Å². The molecule has 0 aliphatic heterocycles. The molecule has 3 unspecified atom stereocenters. The lowest BCUT2D eigenvalue weighted by molar-refractivity contribution is -0.154. The van der Waals surface area contributed by atoms with Crippen molar-refractivity contribution in [2.75, 3.05) is 7.11 Å². The lowest BCUT2D eigenvalue weighted by atomic mass is 9.64. The van der Waals surface area contributed by atoms with Crippen molar-refractivity contribution in [2.45, 2.75) is 53.2 Å². The van der Waals surface area contributed by atoms with E-state index in [-0.39, 0.29) is 17.6 Å². The summed E-state index contributed by atoms with van der Waals surface area (Å²) in [4.78, 5) is 23.5. The monoisotopic (exact) mass is 271 g/mol. The summed E-state index contributed by atoms with van der Waals surface area (Å²) in [6.45, 7) is 9.31. The van der Waals surface area contributed by atoms with E-state index in [2.05, 4.69) is 5.32 Å². The standard InChI is InChI=1S/C14H25NO4/c1-13(2,3)10(12(17)18)11(16)15-8-7-9(19-6)14(8,4)5/h8-10H,7H2,1-6H3,(H,15,16)(H,17,18). The molecule has 0 aromatic carbocycles. The van der Waals surface area contributed by atoms with Crippen LogP contribution in [0.3, 0.4) is 0 Å². The van der Waals surface area contributed by atoms with Crippen molar-refractivity contribution in [1.29, 1.82) is 0 Å². The molecule has 0 radical (unpaired) electrons. The van der Waals surface area contributed by atoms with Gasteiger partial charge >= 0.3 is 5.97 Å². The van der Waals surface area contributed by atoms with E-state index in [1.54, 1.807) is 27.9 Å². The van der Waals surface area contributed by atoms with Gasteiger partial charge in [0.2, 0.25) is 5.91 Å². The minimum absolute atomic E-state index is 0.0332. The van der Waals surface area contributed by atoms with Gasteiger partial charge in [0, 0.05) is 18.6 Å². The summed E-state index contributed by atoms with van der Waals surface area (Å²) in [6, 6.07) is -0.0332. The van der Waals surface area contributed by atoms with Crippen LogP contribution in [-0.4, -0.2) is 36.2 Å². The Bertz CT molecular complexity index is 370. The van der Waals surface area contributed by atoms with Gasteiger partial charge in [-0.15, -0.1) is 0 Å². The van der Waals surface area contributed by atoms with Gasteiger partial charge in [-0.1, -0.05) is 34.6 Å². The molecule has 1 saturated carbocycles. The lowest BCUT2D eigenvalue weighted by Gasteiger charge is -2.51. The third-order valence-electron chi connectivity index (χ3n) is 4.15. The minimum atomic E-state index is -1.08. The Morgan fingerprint density at radius 3 is 2.21 bits per heavy atom. The summed E-state index contributed by atoms with van der Waals surface area (Å²) < 4.78 is 5.32. The Hall–Kier alpha value is -1.10. The van der Waals surface area contributed by atoms with E-state index >= 15 is 0 Å². The maximum Gasteiger partial charge on any atom is 0.316 e. The molecule has 0 spiro atoms. The summed E-state index contributed by atoms with van der Waals surface area (Å²) >= 11 is 0. The normalized spacial score (nSPS) is 27.3. The van der Waals surface area contributed by atoms with Gasteiger partial charge < -0.3 is 15.2 Å². The predicted molar refractivity (Wildman–Crippen MR) is 71.7 cm³/mol. The molecule has 1 aliphatic rings. The highest BCUT2D eigenvalue weighted by molar-refractivity contribution is 5.98. The molecule has 1 fully saturated rings. The first-order valence-corrected chi connectivity index (χ1v) is 6.57. The Labute approximate surface area is 114 Å². The van der Waals surface area contributed by atoms with E-state index in [1.807, 2.05) is 13.8 Å². The molecule has 0 heterocycles. The van der Waals surface area contributed by atoms with Crippen LogP contribution in [0.2, 0.25) is 0 Å². The number of methoxy groups -OCH3 is 1. The predicted octanol–water partition coefficient (Wildman–Crippen LogP) is 1.66. The molecular weight excluding hydrogens is 246 g/mol. The fourth-order valence-electron chi connectivity index (χ4n) is 2.66. The molecule has 5 nitrogen and oxygen atoms in total. The summed E-state index contributed by atoms with van der Waals surface area (Å²) in [5, 5.41) is 12.1. The van der Waals surface area contributed by atoms with E-state index in [1.165, 1.54) is 0 Å². The summed E-state index contributed by atoms with van der Waals surface area (Å²) in [5.41, 5.74) is -0.768. The van der Waals surface area contributed by atoms with Crippen LogP contribution in [0.15, 0.2) is 0 Å². The molecule has 0 bridgehead atoms. The van der Waals surface area contributed by atoms with Crippen LogP contribution in [0.25, 0.3) is 0 Å². The highest BCUT2D eigenvalue weighted by Gasteiger charge is 2.50. The van der Waals surface area contributed by atoms with E-state index in [0.717, 1.165) is 6.42 Å². The topological polar surface area (TPSA) is 75.6 Å². The maximum absolute atomic E-state index is 12.2. The number of amides is 1. The maximum atomic E-state index is 12.2. The van der Waals surface area contributed by atoms with Gasteiger partial charge in [0.1, 0.15) is 5.92 Å². The SMILES string of the molecule is COC1CC(NC(=O)C(C(=O)O)C(C)(C)C)C1(C)C. The highest BCUT2D eigenvalue weighted by atomic mass is 16.5. The van der Waals surface area contributed by atoms with Crippen LogP contribution in [0.1, 0.15) is 41.0 Å². The molecule has 1 rings (SSSR count). The molecule has 3 atom stereocenters. The number of carbonyl (C=O) groups excluding carboxylic acids is 1. The first kappa shape index (κ1) is 16.0. The molecule has 5 heteroatoms. The van der Waals surface area contributed by atoms with Crippen LogP contribution in [0, 0.1) is 16.7 Å². The molecule has 110 valence electrons. The van der Waals surface area contributed by atoms with Crippen LogP contribution in [0.4, 0.5) is 0 Å². The van der Waals surface area contributed by atoms with Crippen molar-refractivity contribution in [3.63, 3.8) is 0 Å². The number of carboxylic acid groups (broad SMARTS) is 1. The van der Waals surface area contributed by atoms with Crippen molar-refractivity contribution in [1.82, 2.24) is 5.32 Å². The number of ether oxygens (including phenoxy) is 1. The highest BCUT2D eigenvalue weighted by Crippen LogP contribution is 2.42. The number of rotatable bonds is 4. The van der Waals surface area contributed by atoms with Gasteiger partial charge in [-0.2, -0.15) is 0 Å². The number of carbonyl (C=O) groups is 2. The Kier molecular flexibility index (Phi) is 4.30. The molecular formula is C14H25NO4. The molecule has 1 amide bonds. The fourth-order valence-corrected chi connectivity index (χ4v) is 2.66. The second-order valence-corrected chi connectivity index (χ2v) is 6.98. The molecule has 19 heavy (non-hydrogen) atoms. The fraction of sp³-hybridized carbons (Fsp3) is 0.857. The molecule has 2 N–H and O–H groups in total. The first-order valence-electron chi connectivity index (χ1n) is 6.57. The van der Waals surface area contributed by atoms with Gasteiger partial charge in [0.25, 0.3) is 0 Å². The number of hydrogen-bond donors (Lipinski definition) is 2. The van der Waals surface area contributed by atoms with Gasteiger partial charge in [0.05, 0.1) is 6.10 Å². The zero-order valence-electron chi connectivity index (χ0n) is 12.6. The summed E-state index contributed by atoms with van der Waals surface area (Å²) in [6.07, 6.45) is 0.835. The average Bonchev–Trinajstić information content (AvgIpc) is 2.20. The van der Waals surface area contributed by atoms with Gasteiger partial charge in [-0.3, -0.25) is 9.59 Å². The quantitative estimate of drug-likeness (QED) is 0.763. The Morgan fingerprint density at radius 1 is 1.37 bits per heavy atom. The van der Waals surface area contributed by atoms with Gasteiger partial charge in [0.15, 0.2) is 0 Å². The first-order chi connectivity index (χ1) is 8.51. The van der Waals surface area contributed by atoms with Crippen molar-refractivity contribution in [3.05, 3.63) is 0 Å². The van der Waals surface area contributed by atoms with Crippen molar-refractivity contribution in [2.24, 2.45) is 16.7 Å². The summed E-state index contributed by atoms with van der Waals surface area (Å²) in [5.74, 6) is -2.53. The second kappa shape index (κ2) is 5.12. The Morgan fingerprint density at radius 2 is 1.89 bits per heavy atom. The smallest absolute Gasteiger partial charge is 0.316 e. The second-order valence-electron chi connectivity index (χ2n) is 6.98. The number of carboxylic acids is 1. The van der Waals surface area contributed by atoms with Crippen molar-refractivity contribution < 1.29 is 19.4 Å². The van der Waals surface area contributed by atoms with Gasteiger partial charge in [-0.25, -0.2) is 0 Å². The molecule has 1 aliphatic carbocycles. The molecule has 0 aromatic rings. The van der Waals surface area contributed by atoms with Crippen LogP contribution in [-0.2, 0) is 14.3 Å². The van der Waals surface area contributed by atoms with Crippen molar-refractivity contribution in [3.8, 4) is 0 Å². The van der Waals surface area contributed by atoms with E-state index < -0.39 is 23.2 Å². The van der Waals surface area contributed by atoms with Gasteiger partial charge in [-0.05, 0) is 11.8 Å². The van der Waals surface area contributed by atoms with E-state index in [9.17, 15) is 14.7 Å². The number of nitrogens with one attached hydrogen (secondary N) is 1. The van der Waals surface area contributed by atoms with Crippen LogP contribution in [0.5, 0.6) is 0 Å². The van der Waals surface area contributed by atoms with Crippen LogP contribution < -0.4 is 5.32 Å². The van der Waals surface area contributed by atoms with E-state index in [4.69, 9.17) is 4.74 Å². The zero-order chi connectivity index (χ0) is 15.0. The number of hydrogen-bond acceptors (Lipinski definition) is 3. The summed E-state index contributed by atoms with van der Waals surface area (Å²) in [7, 11) is 1.65. The molecule has 0 saturated heterocycles. The third kappa shape index (κ3) is 3.08. The largest absolute Gasteiger partial charge is 0.481 e. The Balaban J connectivity index is 2.73. The lowest BCUT2D eigenvalue weighted by Crippen LogP contribution is -2.63. The zero-order valence-corrected chi connectivity index (χ0v) is 12.6.